The summed E-state index contributed by atoms with van der Waals surface area (Å²) < 4.78 is 10.2. The molecule has 2 N–H and O–H groups in total. The normalized spacial score (nSPS) is 11.0. The average molecular weight is 275 g/mol. The number of nitrogens with zero attached hydrogens (tertiary/aromatic N) is 4. The molecule has 0 unspecified atom stereocenters. The Morgan fingerprint density at radius 3 is 3.16 bits per heavy atom. The molecular weight excluding hydrogens is 262 g/mol. The summed E-state index contributed by atoms with van der Waals surface area (Å²) in [4.78, 5) is 0. The Bertz CT molecular complexity index is 677. The van der Waals surface area contributed by atoms with Crippen molar-refractivity contribution in [3.05, 3.63) is 36.2 Å². The second-order valence-corrected chi connectivity index (χ2v) is 4.65. The van der Waals surface area contributed by atoms with Gasteiger partial charge in [0.2, 0.25) is 0 Å². The van der Waals surface area contributed by atoms with E-state index in [4.69, 9.17) is 5.11 Å². The van der Waals surface area contributed by atoms with E-state index in [1.807, 2.05) is 24.4 Å². The fourth-order valence-electron chi connectivity index (χ4n) is 1.88. The fraction of sp³-hybridized carbons (Fsp3) is 0.250. The molecule has 0 aliphatic rings. The maximum atomic E-state index is 8.84. The first-order valence-corrected chi connectivity index (χ1v) is 6.67. The molecular formula is C12H13N5OS. The molecule has 2 aromatic heterocycles. The number of aliphatic hydroxyl groups is 1. The zero-order valence-corrected chi connectivity index (χ0v) is 11.0. The van der Waals surface area contributed by atoms with Crippen LogP contribution in [-0.4, -0.2) is 30.2 Å². The predicted octanol–water partition coefficient (Wildman–Crippen LogP) is 1.49. The van der Waals surface area contributed by atoms with Crippen LogP contribution < -0.4 is 5.32 Å². The van der Waals surface area contributed by atoms with Gasteiger partial charge in [0.05, 0.1) is 36.8 Å². The van der Waals surface area contributed by atoms with Crippen molar-refractivity contribution in [2.75, 3.05) is 11.9 Å². The molecule has 0 aliphatic carbocycles. The van der Waals surface area contributed by atoms with Gasteiger partial charge in [-0.3, -0.25) is 4.68 Å². The van der Waals surface area contributed by atoms with Crippen molar-refractivity contribution in [2.24, 2.45) is 0 Å². The van der Waals surface area contributed by atoms with Crippen LogP contribution in [0.4, 0.5) is 5.69 Å². The number of aromatic nitrogens is 4. The third kappa shape index (κ3) is 2.56. The Hall–Kier alpha value is -1.99. The fourth-order valence-corrected chi connectivity index (χ4v) is 2.45. The minimum absolute atomic E-state index is 0.0882. The maximum Gasteiger partial charge on any atom is 0.109 e. The summed E-state index contributed by atoms with van der Waals surface area (Å²) in [6.07, 6.45) is 3.62. The lowest BCUT2D eigenvalue weighted by Gasteiger charge is -2.03. The van der Waals surface area contributed by atoms with Crippen molar-refractivity contribution < 1.29 is 5.11 Å². The summed E-state index contributed by atoms with van der Waals surface area (Å²) in [5.41, 5.74) is 3.91. The van der Waals surface area contributed by atoms with Gasteiger partial charge in [-0.1, -0.05) is 12.1 Å². The van der Waals surface area contributed by atoms with E-state index in [-0.39, 0.29) is 6.61 Å². The van der Waals surface area contributed by atoms with Crippen LogP contribution in [0, 0.1) is 0 Å². The van der Waals surface area contributed by atoms with Crippen LogP contribution in [0.1, 0.15) is 5.56 Å². The predicted molar refractivity (Wildman–Crippen MR) is 74.1 cm³/mol. The molecule has 0 amide bonds. The van der Waals surface area contributed by atoms with Gasteiger partial charge in [0.1, 0.15) is 11.0 Å². The Morgan fingerprint density at radius 2 is 2.26 bits per heavy atom. The van der Waals surface area contributed by atoms with E-state index in [1.165, 1.54) is 11.7 Å². The summed E-state index contributed by atoms with van der Waals surface area (Å²) in [5.74, 6) is 0. The molecule has 0 aliphatic heterocycles. The van der Waals surface area contributed by atoms with Crippen molar-refractivity contribution >= 4 is 28.4 Å². The summed E-state index contributed by atoms with van der Waals surface area (Å²) in [6.45, 7) is 1.27. The van der Waals surface area contributed by atoms with Crippen molar-refractivity contribution in [1.82, 2.24) is 18.5 Å². The van der Waals surface area contributed by atoms with Gasteiger partial charge in [-0.25, -0.2) is 0 Å². The average Bonchev–Trinajstić information content (AvgIpc) is 3.05. The van der Waals surface area contributed by atoms with E-state index < -0.39 is 0 Å². The molecule has 2 heterocycles. The number of aliphatic hydroxyl groups excluding tert-OH is 1. The molecule has 0 saturated carbocycles. The Morgan fingerprint density at radius 1 is 1.32 bits per heavy atom. The lowest BCUT2D eigenvalue weighted by Crippen LogP contribution is -2.02. The standard InChI is InChI=1S/C12H13N5OS/c18-5-4-17-8-10(7-14-17)13-6-9-2-1-3-11-12(9)16-19-15-11/h1-3,7-8,13,18H,4-6H2. The van der Waals surface area contributed by atoms with Gasteiger partial charge < -0.3 is 10.4 Å². The van der Waals surface area contributed by atoms with E-state index in [0.29, 0.717) is 13.1 Å². The van der Waals surface area contributed by atoms with E-state index in [1.54, 1.807) is 10.9 Å². The zero-order chi connectivity index (χ0) is 13.1. The van der Waals surface area contributed by atoms with Crippen LogP contribution in [0.3, 0.4) is 0 Å². The van der Waals surface area contributed by atoms with Gasteiger partial charge >= 0.3 is 0 Å². The molecule has 3 aromatic rings. The zero-order valence-electron chi connectivity index (χ0n) is 10.2. The highest BCUT2D eigenvalue weighted by molar-refractivity contribution is 7.00. The van der Waals surface area contributed by atoms with Gasteiger partial charge in [0, 0.05) is 18.3 Å². The number of hydrogen-bond donors (Lipinski definition) is 2. The van der Waals surface area contributed by atoms with Gasteiger partial charge in [-0.05, 0) is 6.07 Å². The quantitative estimate of drug-likeness (QED) is 0.738. The van der Waals surface area contributed by atoms with E-state index in [2.05, 4.69) is 19.2 Å². The maximum absolute atomic E-state index is 8.84. The molecule has 3 rings (SSSR count). The molecule has 7 heteroatoms. The van der Waals surface area contributed by atoms with Crippen LogP contribution in [-0.2, 0) is 13.1 Å². The largest absolute Gasteiger partial charge is 0.394 e. The molecule has 0 spiro atoms. The minimum atomic E-state index is 0.0882. The number of benzene rings is 1. The van der Waals surface area contributed by atoms with E-state index >= 15 is 0 Å². The monoisotopic (exact) mass is 275 g/mol. The third-order valence-corrected chi connectivity index (χ3v) is 3.36. The molecule has 0 bridgehead atoms. The number of anilines is 1. The van der Waals surface area contributed by atoms with Crippen LogP contribution in [0.5, 0.6) is 0 Å². The highest BCUT2D eigenvalue weighted by atomic mass is 32.1. The first-order chi connectivity index (χ1) is 9.36. The van der Waals surface area contributed by atoms with Crippen LogP contribution >= 0.6 is 11.7 Å². The molecule has 0 fully saturated rings. The van der Waals surface area contributed by atoms with Crippen molar-refractivity contribution in [2.45, 2.75) is 13.1 Å². The Labute approximate surface area is 114 Å². The van der Waals surface area contributed by atoms with Crippen molar-refractivity contribution in [3.8, 4) is 0 Å². The molecule has 19 heavy (non-hydrogen) atoms. The Balaban J connectivity index is 1.73. The van der Waals surface area contributed by atoms with Crippen LogP contribution in [0.25, 0.3) is 11.0 Å². The molecule has 98 valence electrons. The second-order valence-electron chi connectivity index (χ2n) is 4.12. The first-order valence-electron chi connectivity index (χ1n) is 5.94. The number of hydrogen-bond acceptors (Lipinski definition) is 6. The van der Waals surface area contributed by atoms with Gasteiger partial charge in [-0.15, -0.1) is 0 Å². The smallest absolute Gasteiger partial charge is 0.109 e. The van der Waals surface area contributed by atoms with Crippen molar-refractivity contribution in [3.63, 3.8) is 0 Å². The highest BCUT2D eigenvalue weighted by Crippen LogP contribution is 2.17. The van der Waals surface area contributed by atoms with Crippen LogP contribution in [0.15, 0.2) is 30.6 Å². The summed E-state index contributed by atoms with van der Waals surface area (Å²) in [7, 11) is 0. The van der Waals surface area contributed by atoms with Gasteiger partial charge in [0.25, 0.3) is 0 Å². The Kier molecular flexibility index (Phi) is 3.39. The molecule has 1 aromatic carbocycles. The molecule has 0 atom stereocenters. The highest BCUT2D eigenvalue weighted by Gasteiger charge is 2.05. The second kappa shape index (κ2) is 5.33. The number of nitrogens with one attached hydrogen (secondary N) is 1. The van der Waals surface area contributed by atoms with Gasteiger partial charge in [-0.2, -0.15) is 13.8 Å². The van der Waals surface area contributed by atoms with E-state index in [0.717, 1.165) is 22.3 Å². The lowest BCUT2D eigenvalue weighted by molar-refractivity contribution is 0.269. The number of fused-ring (bicyclic) bond motifs is 1. The lowest BCUT2D eigenvalue weighted by atomic mass is 10.2. The molecule has 0 radical (unpaired) electrons. The van der Waals surface area contributed by atoms with E-state index in [9.17, 15) is 0 Å². The van der Waals surface area contributed by atoms with Gasteiger partial charge in [0.15, 0.2) is 0 Å². The summed E-state index contributed by atoms with van der Waals surface area (Å²) in [6, 6.07) is 5.98. The molecule has 6 nitrogen and oxygen atoms in total. The van der Waals surface area contributed by atoms with Crippen LogP contribution in [0.2, 0.25) is 0 Å². The minimum Gasteiger partial charge on any atom is -0.394 e. The third-order valence-electron chi connectivity index (χ3n) is 2.81. The topological polar surface area (TPSA) is 75.9 Å². The molecule has 0 saturated heterocycles. The number of rotatable bonds is 5. The summed E-state index contributed by atoms with van der Waals surface area (Å²) >= 11 is 1.23. The van der Waals surface area contributed by atoms with Crippen molar-refractivity contribution in [1.29, 1.82) is 0 Å². The summed E-state index contributed by atoms with van der Waals surface area (Å²) in [5, 5.41) is 16.3. The first kappa shape index (κ1) is 12.1. The SMILES string of the molecule is OCCn1cc(NCc2cccc3nsnc23)cn1.